The van der Waals surface area contributed by atoms with Crippen LogP contribution in [0, 0.1) is 6.92 Å². The van der Waals surface area contributed by atoms with Crippen molar-refractivity contribution in [1.82, 2.24) is 4.90 Å². The SMILES string of the molecule is Cc1cc(CN(CN)Cc2ccc(Cl)cc2)ccc1O. The lowest BCUT2D eigenvalue weighted by molar-refractivity contribution is 0.264. The van der Waals surface area contributed by atoms with Crippen LogP contribution >= 0.6 is 11.6 Å². The third-order valence-corrected chi connectivity index (χ3v) is 3.50. The van der Waals surface area contributed by atoms with Crippen LogP contribution in [0.25, 0.3) is 0 Å². The van der Waals surface area contributed by atoms with Crippen molar-refractivity contribution in [3.05, 3.63) is 64.2 Å². The molecule has 4 heteroatoms. The van der Waals surface area contributed by atoms with Crippen LogP contribution < -0.4 is 5.73 Å². The summed E-state index contributed by atoms with van der Waals surface area (Å²) in [6.07, 6.45) is 0. The average molecular weight is 291 g/mol. The van der Waals surface area contributed by atoms with Gasteiger partial charge in [-0.3, -0.25) is 4.90 Å². The zero-order valence-corrected chi connectivity index (χ0v) is 12.3. The van der Waals surface area contributed by atoms with Crippen molar-refractivity contribution in [2.75, 3.05) is 6.67 Å². The zero-order valence-electron chi connectivity index (χ0n) is 11.5. The van der Waals surface area contributed by atoms with E-state index in [1.807, 2.05) is 43.3 Å². The van der Waals surface area contributed by atoms with Crippen molar-refractivity contribution in [2.24, 2.45) is 5.73 Å². The van der Waals surface area contributed by atoms with Crippen LogP contribution in [0.1, 0.15) is 16.7 Å². The second-order valence-electron chi connectivity index (χ2n) is 4.92. The lowest BCUT2D eigenvalue weighted by atomic mass is 10.1. The molecule has 0 saturated heterocycles. The van der Waals surface area contributed by atoms with Crippen molar-refractivity contribution in [3.8, 4) is 5.75 Å². The van der Waals surface area contributed by atoms with Gasteiger partial charge in [0, 0.05) is 24.8 Å². The van der Waals surface area contributed by atoms with Gasteiger partial charge in [0.15, 0.2) is 0 Å². The molecule has 0 saturated carbocycles. The Hall–Kier alpha value is -1.55. The molecular formula is C16H19ClN2O. The topological polar surface area (TPSA) is 49.5 Å². The Kier molecular flexibility index (Phi) is 5.01. The van der Waals surface area contributed by atoms with E-state index in [4.69, 9.17) is 17.3 Å². The van der Waals surface area contributed by atoms with E-state index in [9.17, 15) is 5.11 Å². The first kappa shape index (κ1) is 14.9. The second kappa shape index (κ2) is 6.75. The predicted molar refractivity (Wildman–Crippen MR) is 82.6 cm³/mol. The van der Waals surface area contributed by atoms with E-state index in [0.29, 0.717) is 12.4 Å². The normalized spacial score (nSPS) is 11.0. The second-order valence-corrected chi connectivity index (χ2v) is 5.35. The molecule has 0 spiro atoms. The first-order chi connectivity index (χ1) is 9.58. The van der Waals surface area contributed by atoms with Crippen LogP contribution in [0.2, 0.25) is 5.02 Å². The van der Waals surface area contributed by atoms with E-state index >= 15 is 0 Å². The van der Waals surface area contributed by atoms with Gasteiger partial charge in [0.25, 0.3) is 0 Å². The monoisotopic (exact) mass is 290 g/mol. The molecule has 0 heterocycles. The van der Waals surface area contributed by atoms with Crippen molar-refractivity contribution >= 4 is 11.6 Å². The molecule has 2 aromatic rings. The standard InChI is InChI=1S/C16H19ClN2O/c1-12-8-14(4-7-16(12)20)10-19(11-18)9-13-2-5-15(17)6-3-13/h2-8,20H,9-11,18H2,1H3. The molecule has 106 valence electrons. The molecule has 3 N–H and O–H groups in total. The zero-order chi connectivity index (χ0) is 14.5. The molecular weight excluding hydrogens is 272 g/mol. The molecule has 2 rings (SSSR count). The molecule has 0 bridgehead atoms. The fourth-order valence-corrected chi connectivity index (χ4v) is 2.23. The van der Waals surface area contributed by atoms with Crippen LogP contribution in [0.4, 0.5) is 0 Å². The number of nitrogens with zero attached hydrogens (tertiary/aromatic N) is 1. The summed E-state index contributed by atoms with van der Waals surface area (Å²) in [5, 5.41) is 10.3. The summed E-state index contributed by atoms with van der Waals surface area (Å²) in [6, 6.07) is 13.4. The third kappa shape index (κ3) is 3.97. The highest BCUT2D eigenvalue weighted by atomic mass is 35.5. The number of phenols is 1. The number of hydrogen-bond donors (Lipinski definition) is 2. The van der Waals surface area contributed by atoms with Crippen molar-refractivity contribution in [2.45, 2.75) is 20.0 Å². The van der Waals surface area contributed by atoms with Crippen LogP contribution in [0.3, 0.4) is 0 Å². The number of phenolic OH excluding ortho intramolecular Hbond substituents is 1. The molecule has 0 aliphatic heterocycles. The number of benzene rings is 2. The first-order valence-corrected chi connectivity index (χ1v) is 6.91. The highest BCUT2D eigenvalue weighted by molar-refractivity contribution is 6.30. The minimum absolute atomic E-state index is 0.325. The Morgan fingerprint density at radius 2 is 1.65 bits per heavy atom. The number of nitrogens with two attached hydrogens (primary N) is 1. The minimum Gasteiger partial charge on any atom is -0.508 e. The van der Waals surface area contributed by atoms with Gasteiger partial charge in [0.1, 0.15) is 5.75 Å². The Bertz CT molecular complexity index is 569. The Balaban J connectivity index is 2.04. The fraction of sp³-hybridized carbons (Fsp3) is 0.250. The van der Waals surface area contributed by atoms with E-state index < -0.39 is 0 Å². The van der Waals surface area contributed by atoms with Gasteiger partial charge in [-0.1, -0.05) is 35.9 Å². The van der Waals surface area contributed by atoms with Crippen molar-refractivity contribution in [3.63, 3.8) is 0 Å². The van der Waals surface area contributed by atoms with Gasteiger partial charge in [0.05, 0.1) is 0 Å². The quantitative estimate of drug-likeness (QED) is 0.831. The summed E-state index contributed by atoms with van der Waals surface area (Å²) in [5.74, 6) is 0.325. The maximum absolute atomic E-state index is 9.55. The van der Waals surface area contributed by atoms with Gasteiger partial charge < -0.3 is 10.8 Å². The van der Waals surface area contributed by atoms with Gasteiger partial charge in [-0.15, -0.1) is 0 Å². The molecule has 0 radical (unpaired) electrons. The summed E-state index contributed by atoms with van der Waals surface area (Å²) in [7, 11) is 0. The Morgan fingerprint density at radius 3 is 2.25 bits per heavy atom. The predicted octanol–water partition coefficient (Wildman–Crippen LogP) is 3.27. The minimum atomic E-state index is 0.325. The van der Waals surface area contributed by atoms with Gasteiger partial charge >= 0.3 is 0 Å². The van der Waals surface area contributed by atoms with E-state index in [2.05, 4.69) is 4.90 Å². The first-order valence-electron chi connectivity index (χ1n) is 6.54. The highest BCUT2D eigenvalue weighted by Gasteiger charge is 2.06. The Labute approximate surface area is 124 Å². The van der Waals surface area contributed by atoms with E-state index in [1.54, 1.807) is 6.07 Å². The van der Waals surface area contributed by atoms with Crippen molar-refractivity contribution < 1.29 is 5.11 Å². The molecule has 0 aromatic heterocycles. The molecule has 0 atom stereocenters. The number of rotatable bonds is 5. The van der Waals surface area contributed by atoms with Crippen LogP contribution in [-0.2, 0) is 13.1 Å². The maximum atomic E-state index is 9.55. The number of aromatic hydroxyl groups is 1. The van der Waals surface area contributed by atoms with Gasteiger partial charge in [-0.25, -0.2) is 0 Å². The van der Waals surface area contributed by atoms with Gasteiger partial charge in [-0.05, 0) is 41.8 Å². The van der Waals surface area contributed by atoms with Gasteiger partial charge in [-0.2, -0.15) is 0 Å². The summed E-state index contributed by atoms with van der Waals surface area (Å²) < 4.78 is 0. The summed E-state index contributed by atoms with van der Waals surface area (Å²) >= 11 is 5.88. The van der Waals surface area contributed by atoms with Crippen LogP contribution in [0.5, 0.6) is 5.75 Å². The Morgan fingerprint density at radius 1 is 1.05 bits per heavy atom. The highest BCUT2D eigenvalue weighted by Crippen LogP contribution is 2.19. The average Bonchev–Trinajstić information content (AvgIpc) is 2.44. The third-order valence-electron chi connectivity index (χ3n) is 3.25. The molecule has 3 nitrogen and oxygen atoms in total. The molecule has 0 aliphatic rings. The lowest BCUT2D eigenvalue weighted by Crippen LogP contribution is -2.29. The summed E-state index contributed by atoms with van der Waals surface area (Å²) in [4.78, 5) is 2.13. The van der Waals surface area contributed by atoms with Crippen molar-refractivity contribution in [1.29, 1.82) is 0 Å². The number of halogens is 1. The van der Waals surface area contributed by atoms with E-state index in [0.717, 1.165) is 29.2 Å². The molecule has 2 aromatic carbocycles. The molecule has 20 heavy (non-hydrogen) atoms. The smallest absolute Gasteiger partial charge is 0.118 e. The molecule has 0 amide bonds. The lowest BCUT2D eigenvalue weighted by Gasteiger charge is -2.20. The maximum Gasteiger partial charge on any atom is 0.118 e. The fourth-order valence-electron chi connectivity index (χ4n) is 2.11. The largest absolute Gasteiger partial charge is 0.508 e. The molecule has 0 fully saturated rings. The van der Waals surface area contributed by atoms with Crippen LogP contribution in [-0.4, -0.2) is 16.7 Å². The van der Waals surface area contributed by atoms with Crippen LogP contribution in [0.15, 0.2) is 42.5 Å². The summed E-state index contributed by atoms with van der Waals surface area (Å²) in [6.45, 7) is 3.89. The molecule has 0 aliphatic carbocycles. The van der Waals surface area contributed by atoms with E-state index in [1.165, 1.54) is 5.56 Å². The van der Waals surface area contributed by atoms with Gasteiger partial charge in [0.2, 0.25) is 0 Å². The molecule has 0 unspecified atom stereocenters. The summed E-state index contributed by atoms with van der Waals surface area (Å²) in [5.41, 5.74) is 9.01. The number of hydrogen-bond acceptors (Lipinski definition) is 3. The van der Waals surface area contributed by atoms with E-state index in [-0.39, 0.29) is 0 Å². The number of aryl methyl sites for hydroxylation is 1.